The van der Waals surface area contributed by atoms with Crippen LogP contribution in [-0.4, -0.2) is 30.0 Å². The molecule has 0 saturated carbocycles. The number of non-ortho nitro benzene ring substituents is 1. The summed E-state index contributed by atoms with van der Waals surface area (Å²) in [5.74, 6) is 0.858. The van der Waals surface area contributed by atoms with Crippen molar-refractivity contribution in [2.45, 2.75) is 6.92 Å². The van der Waals surface area contributed by atoms with Crippen LogP contribution in [0.2, 0.25) is 0 Å². The minimum absolute atomic E-state index is 0.0336. The Bertz CT molecular complexity index is 1380. The van der Waals surface area contributed by atoms with E-state index < -0.39 is 4.92 Å². The monoisotopic (exact) mass is 443 g/mol. The number of benzene rings is 3. The Balaban J connectivity index is 1.80. The van der Waals surface area contributed by atoms with E-state index in [-0.39, 0.29) is 11.6 Å². The van der Waals surface area contributed by atoms with E-state index >= 15 is 0 Å². The SMILES string of the molecule is COc1ccc(-c2cc(C(=O)Nc3ccc([N+](=O)[O-])cc3C)c3ccccc3n2)c(OC)c1. The highest BCUT2D eigenvalue weighted by molar-refractivity contribution is 6.13. The molecular weight excluding hydrogens is 422 g/mol. The molecule has 4 rings (SSSR count). The third-order valence-corrected chi connectivity index (χ3v) is 5.31. The van der Waals surface area contributed by atoms with Crippen LogP contribution in [0.1, 0.15) is 15.9 Å². The first kappa shape index (κ1) is 21.8. The maximum atomic E-state index is 13.3. The van der Waals surface area contributed by atoms with Crippen LogP contribution in [0.4, 0.5) is 11.4 Å². The highest BCUT2D eigenvalue weighted by atomic mass is 16.6. The normalized spacial score (nSPS) is 10.6. The van der Waals surface area contributed by atoms with E-state index in [2.05, 4.69) is 5.32 Å². The molecule has 1 N–H and O–H groups in total. The highest BCUT2D eigenvalue weighted by Gasteiger charge is 2.18. The average molecular weight is 443 g/mol. The Morgan fingerprint density at radius 2 is 1.79 bits per heavy atom. The number of aryl methyl sites for hydroxylation is 1. The lowest BCUT2D eigenvalue weighted by atomic mass is 10.0. The van der Waals surface area contributed by atoms with Gasteiger partial charge in [-0.3, -0.25) is 14.9 Å². The van der Waals surface area contributed by atoms with Crippen LogP contribution in [0.25, 0.3) is 22.2 Å². The van der Waals surface area contributed by atoms with Crippen molar-refractivity contribution in [3.8, 4) is 22.8 Å². The fourth-order valence-corrected chi connectivity index (χ4v) is 3.60. The Kier molecular flexibility index (Phi) is 5.91. The maximum Gasteiger partial charge on any atom is 0.269 e. The minimum Gasteiger partial charge on any atom is -0.497 e. The number of para-hydroxylation sites is 1. The number of hydrogen-bond acceptors (Lipinski definition) is 6. The lowest BCUT2D eigenvalue weighted by molar-refractivity contribution is -0.384. The van der Waals surface area contributed by atoms with E-state index in [9.17, 15) is 14.9 Å². The van der Waals surface area contributed by atoms with E-state index in [1.807, 2.05) is 30.3 Å². The van der Waals surface area contributed by atoms with Gasteiger partial charge in [-0.2, -0.15) is 0 Å². The predicted octanol–water partition coefficient (Wildman–Crippen LogP) is 5.39. The molecule has 0 saturated heterocycles. The summed E-state index contributed by atoms with van der Waals surface area (Å²) in [7, 11) is 3.13. The van der Waals surface area contributed by atoms with Crippen LogP contribution in [0.15, 0.2) is 66.7 Å². The second kappa shape index (κ2) is 8.96. The van der Waals surface area contributed by atoms with Crippen molar-refractivity contribution in [1.82, 2.24) is 4.98 Å². The molecule has 8 heteroatoms. The van der Waals surface area contributed by atoms with Gasteiger partial charge in [0.25, 0.3) is 11.6 Å². The largest absolute Gasteiger partial charge is 0.497 e. The zero-order chi connectivity index (χ0) is 23.5. The molecule has 0 bridgehead atoms. The molecule has 0 aliphatic carbocycles. The minimum atomic E-state index is -0.469. The van der Waals surface area contributed by atoms with Gasteiger partial charge in [-0.15, -0.1) is 0 Å². The van der Waals surface area contributed by atoms with Crippen LogP contribution in [0.3, 0.4) is 0 Å². The second-order valence-corrected chi connectivity index (χ2v) is 7.35. The van der Waals surface area contributed by atoms with E-state index in [1.54, 1.807) is 39.3 Å². The molecule has 3 aromatic carbocycles. The molecule has 0 atom stereocenters. The van der Waals surface area contributed by atoms with Gasteiger partial charge in [0.05, 0.1) is 35.9 Å². The van der Waals surface area contributed by atoms with Crippen molar-refractivity contribution >= 4 is 28.2 Å². The lowest BCUT2D eigenvalue weighted by Crippen LogP contribution is -2.14. The Labute approximate surface area is 189 Å². The molecule has 0 fully saturated rings. The fourth-order valence-electron chi connectivity index (χ4n) is 3.60. The standard InChI is InChI=1S/C25H21N3O5/c1-15-12-16(28(30)31)8-11-21(15)27-25(29)20-14-23(26-22-7-5-4-6-18(20)22)19-10-9-17(32-2)13-24(19)33-3/h4-14H,1-3H3,(H,27,29). The molecule has 8 nitrogen and oxygen atoms in total. The highest BCUT2D eigenvalue weighted by Crippen LogP contribution is 2.34. The van der Waals surface area contributed by atoms with E-state index in [0.717, 1.165) is 0 Å². The van der Waals surface area contributed by atoms with Crippen molar-refractivity contribution in [2.24, 2.45) is 0 Å². The van der Waals surface area contributed by atoms with Crippen molar-refractivity contribution in [3.63, 3.8) is 0 Å². The summed E-state index contributed by atoms with van der Waals surface area (Å²) in [5.41, 5.74) is 3.41. The topological polar surface area (TPSA) is 104 Å². The molecule has 4 aromatic rings. The summed E-state index contributed by atoms with van der Waals surface area (Å²) in [4.78, 5) is 28.6. The summed E-state index contributed by atoms with van der Waals surface area (Å²) < 4.78 is 10.8. The van der Waals surface area contributed by atoms with Crippen molar-refractivity contribution < 1.29 is 19.2 Å². The first-order valence-corrected chi connectivity index (χ1v) is 10.1. The van der Waals surface area contributed by atoms with Crippen LogP contribution < -0.4 is 14.8 Å². The van der Waals surface area contributed by atoms with E-state index in [1.165, 1.54) is 18.2 Å². The van der Waals surface area contributed by atoms with Gasteiger partial charge >= 0.3 is 0 Å². The van der Waals surface area contributed by atoms with Gasteiger partial charge in [0, 0.05) is 34.8 Å². The maximum absolute atomic E-state index is 13.3. The molecule has 166 valence electrons. The number of methoxy groups -OCH3 is 2. The molecule has 0 aliphatic heterocycles. The van der Waals surface area contributed by atoms with Gasteiger partial charge in [0.15, 0.2) is 0 Å². The van der Waals surface area contributed by atoms with E-state index in [0.29, 0.717) is 50.5 Å². The van der Waals surface area contributed by atoms with Gasteiger partial charge in [-0.05, 0) is 42.8 Å². The lowest BCUT2D eigenvalue weighted by Gasteiger charge is -2.14. The Morgan fingerprint density at radius 1 is 1.00 bits per heavy atom. The molecule has 0 unspecified atom stereocenters. The number of pyridine rings is 1. The third-order valence-electron chi connectivity index (χ3n) is 5.31. The molecular formula is C25H21N3O5. The average Bonchev–Trinajstić information content (AvgIpc) is 2.83. The number of nitro groups is 1. The quantitative estimate of drug-likeness (QED) is 0.317. The van der Waals surface area contributed by atoms with Crippen molar-refractivity contribution in [1.29, 1.82) is 0 Å². The molecule has 0 radical (unpaired) electrons. The van der Waals surface area contributed by atoms with Gasteiger partial charge in [0.2, 0.25) is 0 Å². The third kappa shape index (κ3) is 4.31. The number of fused-ring (bicyclic) bond motifs is 1. The summed E-state index contributed by atoms with van der Waals surface area (Å²) in [6.45, 7) is 1.71. The summed E-state index contributed by atoms with van der Waals surface area (Å²) in [6.07, 6.45) is 0. The first-order valence-electron chi connectivity index (χ1n) is 10.1. The fraction of sp³-hybridized carbons (Fsp3) is 0.120. The van der Waals surface area contributed by atoms with Crippen LogP contribution in [0.5, 0.6) is 11.5 Å². The van der Waals surface area contributed by atoms with Crippen molar-refractivity contribution in [3.05, 3.63) is 88.0 Å². The number of anilines is 1. The number of hydrogen-bond donors (Lipinski definition) is 1. The molecule has 1 amide bonds. The Hall–Kier alpha value is -4.46. The summed E-state index contributed by atoms with van der Waals surface area (Å²) >= 11 is 0. The molecule has 1 aromatic heterocycles. The van der Waals surface area contributed by atoms with Crippen LogP contribution >= 0.6 is 0 Å². The molecule has 33 heavy (non-hydrogen) atoms. The smallest absolute Gasteiger partial charge is 0.269 e. The number of aromatic nitrogens is 1. The number of nitro benzene ring substituents is 1. The molecule has 1 heterocycles. The number of nitrogens with zero attached hydrogens (tertiary/aromatic N) is 2. The second-order valence-electron chi connectivity index (χ2n) is 7.35. The van der Waals surface area contributed by atoms with Crippen molar-refractivity contribution in [2.75, 3.05) is 19.5 Å². The van der Waals surface area contributed by atoms with Gasteiger partial charge in [0.1, 0.15) is 11.5 Å². The first-order chi connectivity index (χ1) is 15.9. The number of rotatable bonds is 6. The summed E-state index contributed by atoms with van der Waals surface area (Å²) in [5, 5.41) is 14.6. The zero-order valence-electron chi connectivity index (χ0n) is 18.3. The van der Waals surface area contributed by atoms with Gasteiger partial charge in [-0.25, -0.2) is 4.98 Å². The predicted molar refractivity (Wildman–Crippen MR) is 126 cm³/mol. The van der Waals surface area contributed by atoms with Gasteiger partial charge in [-0.1, -0.05) is 18.2 Å². The molecule has 0 spiro atoms. The zero-order valence-corrected chi connectivity index (χ0v) is 18.3. The van der Waals surface area contributed by atoms with E-state index in [4.69, 9.17) is 14.5 Å². The van der Waals surface area contributed by atoms with Gasteiger partial charge < -0.3 is 14.8 Å². The molecule has 0 aliphatic rings. The number of carbonyl (C=O) groups is 1. The number of nitrogens with one attached hydrogen (secondary N) is 1. The Morgan fingerprint density at radius 3 is 2.48 bits per heavy atom. The van der Waals surface area contributed by atoms with Crippen LogP contribution in [0, 0.1) is 17.0 Å². The number of ether oxygens (including phenoxy) is 2. The number of carbonyl (C=O) groups excluding carboxylic acids is 1. The summed E-state index contributed by atoms with van der Waals surface area (Å²) in [6, 6.07) is 18.8. The van der Waals surface area contributed by atoms with Crippen LogP contribution in [-0.2, 0) is 0 Å². The number of amides is 1.